The van der Waals surface area contributed by atoms with Gasteiger partial charge in [0.05, 0.1) is 15.8 Å². The second kappa shape index (κ2) is 4.96. The van der Waals surface area contributed by atoms with Crippen LogP contribution in [0.4, 0.5) is 0 Å². The fourth-order valence-corrected chi connectivity index (χ4v) is 3.08. The second-order valence-electron chi connectivity index (χ2n) is 4.82. The molecule has 1 aliphatic rings. The molecule has 1 aliphatic heterocycles. The Morgan fingerprint density at radius 3 is 2.94 bits per heavy atom. The lowest BCUT2D eigenvalue weighted by atomic mass is 9.88. The summed E-state index contributed by atoms with van der Waals surface area (Å²) in [5.41, 5.74) is -0.269. The number of hydrogen-bond acceptors (Lipinski definition) is 3. The number of halogens is 1. The number of amides is 1. The molecule has 0 bridgehead atoms. The van der Waals surface area contributed by atoms with E-state index in [-0.39, 0.29) is 17.4 Å². The first-order valence-electron chi connectivity index (χ1n) is 5.78. The van der Waals surface area contributed by atoms with Gasteiger partial charge in [-0.3, -0.25) is 4.79 Å². The van der Waals surface area contributed by atoms with Crippen molar-refractivity contribution in [2.24, 2.45) is 5.41 Å². The number of rotatable bonds is 3. The lowest BCUT2D eigenvalue weighted by molar-refractivity contribution is -0.129. The van der Waals surface area contributed by atoms with Gasteiger partial charge in [-0.2, -0.15) is 0 Å². The van der Waals surface area contributed by atoms with E-state index in [1.165, 1.54) is 11.3 Å². The first kappa shape index (κ1) is 12.9. The van der Waals surface area contributed by atoms with Crippen LogP contribution in [-0.2, 0) is 4.79 Å². The molecule has 3 nitrogen and oxygen atoms in total. The van der Waals surface area contributed by atoms with Crippen LogP contribution >= 0.6 is 22.9 Å². The van der Waals surface area contributed by atoms with Gasteiger partial charge in [-0.25, -0.2) is 0 Å². The maximum atomic E-state index is 12.2. The minimum Gasteiger partial charge on any atom is -0.348 e. The van der Waals surface area contributed by atoms with Crippen molar-refractivity contribution in [3.63, 3.8) is 0 Å². The largest absolute Gasteiger partial charge is 0.348 e. The van der Waals surface area contributed by atoms with Crippen molar-refractivity contribution in [1.82, 2.24) is 10.6 Å². The average Bonchev–Trinajstić information content (AvgIpc) is 2.88. The summed E-state index contributed by atoms with van der Waals surface area (Å²) >= 11 is 7.41. The lowest BCUT2D eigenvalue weighted by Crippen LogP contribution is -2.41. The van der Waals surface area contributed by atoms with Gasteiger partial charge < -0.3 is 10.6 Å². The van der Waals surface area contributed by atoms with Crippen molar-refractivity contribution in [2.75, 3.05) is 13.1 Å². The Kier molecular flexibility index (Phi) is 3.76. The maximum Gasteiger partial charge on any atom is 0.227 e. The van der Waals surface area contributed by atoms with Crippen molar-refractivity contribution < 1.29 is 4.79 Å². The van der Waals surface area contributed by atoms with Gasteiger partial charge in [-0.15, -0.1) is 11.3 Å². The van der Waals surface area contributed by atoms with Crippen LogP contribution in [0, 0.1) is 5.41 Å². The normalized spacial score (nSPS) is 25.8. The van der Waals surface area contributed by atoms with Crippen LogP contribution in [0.3, 0.4) is 0 Å². The Hall–Kier alpha value is -0.580. The summed E-state index contributed by atoms with van der Waals surface area (Å²) in [7, 11) is 0. The molecule has 5 heteroatoms. The zero-order chi connectivity index (χ0) is 12.5. The van der Waals surface area contributed by atoms with Crippen LogP contribution in [0.1, 0.15) is 31.2 Å². The molecular weight excluding hydrogens is 256 g/mol. The number of carbonyl (C=O) groups is 1. The van der Waals surface area contributed by atoms with Crippen LogP contribution in [0.25, 0.3) is 0 Å². The molecule has 0 spiro atoms. The van der Waals surface area contributed by atoms with Gasteiger partial charge in [0.1, 0.15) is 0 Å². The fraction of sp³-hybridized carbons (Fsp3) is 0.583. The van der Waals surface area contributed by atoms with Crippen LogP contribution in [0.2, 0.25) is 4.34 Å². The first-order chi connectivity index (χ1) is 8.01. The van der Waals surface area contributed by atoms with Crippen molar-refractivity contribution in [2.45, 2.75) is 26.3 Å². The van der Waals surface area contributed by atoms with E-state index in [9.17, 15) is 4.79 Å². The average molecular weight is 273 g/mol. The van der Waals surface area contributed by atoms with Gasteiger partial charge in [0.2, 0.25) is 5.91 Å². The molecule has 1 saturated heterocycles. The molecular formula is C12H17ClN2OS. The third-order valence-electron chi connectivity index (χ3n) is 3.29. The quantitative estimate of drug-likeness (QED) is 0.888. The molecule has 0 aromatic carbocycles. The Labute approximate surface area is 111 Å². The first-order valence-corrected chi connectivity index (χ1v) is 6.98. The summed E-state index contributed by atoms with van der Waals surface area (Å²) in [6, 6.07) is 3.85. The molecule has 1 aromatic rings. The minimum atomic E-state index is -0.269. The molecule has 2 atom stereocenters. The van der Waals surface area contributed by atoms with Gasteiger partial charge in [-0.05, 0) is 38.9 Å². The smallest absolute Gasteiger partial charge is 0.227 e. The molecule has 1 aromatic heterocycles. The molecule has 0 aliphatic carbocycles. The summed E-state index contributed by atoms with van der Waals surface area (Å²) in [5, 5.41) is 6.30. The standard InChI is InChI=1S/C12H17ClN2OS/c1-8(9-3-4-10(13)17-9)15-11(16)12(2)5-6-14-7-12/h3-4,8,14H,5-7H2,1-2H3,(H,15,16). The van der Waals surface area contributed by atoms with Crippen molar-refractivity contribution in [1.29, 1.82) is 0 Å². The van der Waals surface area contributed by atoms with Crippen LogP contribution in [-0.4, -0.2) is 19.0 Å². The van der Waals surface area contributed by atoms with Crippen molar-refractivity contribution >= 4 is 28.8 Å². The molecule has 17 heavy (non-hydrogen) atoms. The summed E-state index contributed by atoms with van der Waals surface area (Å²) in [4.78, 5) is 13.3. The van der Waals surface area contributed by atoms with Gasteiger partial charge >= 0.3 is 0 Å². The van der Waals surface area contributed by atoms with Crippen molar-refractivity contribution in [3.05, 3.63) is 21.3 Å². The van der Waals surface area contributed by atoms with E-state index in [1.807, 2.05) is 26.0 Å². The number of carbonyl (C=O) groups excluding carboxylic acids is 1. The van der Waals surface area contributed by atoms with E-state index in [2.05, 4.69) is 10.6 Å². The lowest BCUT2D eigenvalue weighted by Gasteiger charge is -2.24. The fourth-order valence-electron chi connectivity index (χ4n) is 2.01. The van der Waals surface area contributed by atoms with E-state index >= 15 is 0 Å². The number of hydrogen-bond donors (Lipinski definition) is 2. The topological polar surface area (TPSA) is 41.1 Å². The van der Waals surface area contributed by atoms with Gasteiger partial charge in [0, 0.05) is 11.4 Å². The van der Waals surface area contributed by atoms with E-state index in [4.69, 9.17) is 11.6 Å². The molecule has 2 heterocycles. The second-order valence-corrected chi connectivity index (χ2v) is 6.57. The highest BCUT2D eigenvalue weighted by Gasteiger charge is 2.36. The van der Waals surface area contributed by atoms with E-state index in [0.717, 1.165) is 28.7 Å². The molecule has 94 valence electrons. The zero-order valence-electron chi connectivity index (χ0n) is 10.0. The number of thiophene rings is 1. The maximum absolute atomic E-state index is 12.2. The number of nitrogens with one attached hydrogen (secondary N) is 2. The Morgan fingerprint density at radius 1 is 1.65 bits per heavy atom. The molecule has 0 radical (unpaired) electrons. The SMILES string of the molecule is CC(NC(=O)C1(C)CCNC1)c1ccc(Cl)s1. The Morgan fingerprint density at radius 2 is 2.41 bits per heavy atom. The molecule has 2 rings (SSSR count). The van der Waals surface area contributed by atoms with Crippen LogP contribution < -0.4 is 10.6 Å². The van der Waals surface area contributed by atoms with E-state index in [1.54, 1.807) is 0 Å². The van der Waals surface area contributed by atoms with Gasteiger partial charge in [-0.1, -0.05) is 11.6 Å². The Balaban J connectivity index is 1.99. The molecule has 2 unspecified atom stereocenters. The molecule has 0 saturated carbocycles. The molecule has 2 N–H and O–H groups in total. The van der Waals surface area contributed by atoms with E-state index < -0.39 is 0 Å². The minimum absolute atomic E-state index is 0.0254. The summed E-state index contributed by atoms with van der Waals surface area (Å²) in [5.74, 6) is 0.125. The van der Waals surface area contributed by atoms with Crippen LogP contribution in [0.15, 0.2) is 12.1 Å². The predicted molar refractivity (Wildman–Crippen MR) is 71.5 cm³/mol. The monoisotopic (exact) mass is 272 g/mol. The third-order valence-corrected chi connectivity index (χ3v) is 4.70. The highest BCUT2D eigenvalue weighted by molar-refractivity contribution is 7.16. The molecule has 1 fully saturated rings. The highest BCUT2D eigenvalue weighted by atomic mass is 35.5. The van der Waals surface area contributed by atoms with Crippen molar-refractivity contribution in [3.8, 4) is 0 Å². The van der Waals surface area contributed by atoms with Crippen LogP contribution in [0.5, 0.6) is 0 Å². The predicted octanol–water partition coefficient (Wildman–Crippen LogP) is 2.58. The van der Waals surface area contributed by atoms with E-state index in [0.29, 0.717) is 0 Å². The summed E-state index contributed by atoms with van der Waals surface area (Å²) in [6.07, 6.45) is 0.900. The molecule has 1 amide bonds. The van der Waals surface area contributed by atoms with Gasteiger partial charge in [0.15, 0.2) is 0 Å². The van der Waals surface area contributed by atoms with Gasteiger partial charge in [0.25, 0.3) is 0 Å². The summed E-state index contributed by atoms with van der Waals surface area (Å²) in [6.45, 7) is 5.68. The third kappa shape index (κ3) is 2.81. The zero-order valence-corrected chi connectivity index (χ0v) is 11.6. The Bertz CT molecular complexity index is 412. The highest BCUT2D eigenvalue weighted by Crippen LogP contribution is 2.29. The summed E-state index contributed by atoms with van der Waals surface area (Å²) < 4.78 is 0.759.